The van der Waals surface area contributed by atoms with Crippen LogP contribution in [-0.2, 0) is 19.8 Å². The Kier molecular flexibility index (Phi) is 5.31. The van der Waals surface area contributed by atoms with Gasteiger partial charge in [0.2, 0.25) is 0 Å². The molecule has 0 bridgehead atoms. The molecule has 0 fully saturated rings. The molecule has 14 heteroatoms. The quantitative estimate of drug-likeness (QED) is 0.338. The van der Waals surface area contributed by atoms with Gasteiger partial charge in [0.15, 0.2) is 0 Å². The maximum Gasteiger partial charge on any atom is 0.417 e. The van der Waals surface area contributed by atoms with Crippen LogP contribution < -0.4 is 10.6 Å². The van der Waals surface area contributed by atoms with Gasteiger partial charge in [-0.2, -0.15) is 18.3 Å². The first kappa shape index (κ1) is 24.3. The number of hydrogen-bond acceptors (Lipinski definition) is 6. The lowest BCUT2D eigenvalue weighted by Crippen LogP contribution is -2.33. The molecule has 10 nitrogen and oxygen atoms in total. The van der Waals surface area contributed by atoms with E-state index < -0.39 is 23.5 Å². The Hall–Kier alpha value is -5.01. The molecule has 0 aliphatic rings. The number of pyridine rings is 1. The number of nitrogen functional groups attached to an aromatic ring is 1. The number of aryl methyl sites for hydroxylation is 2. The number of carbonyl (C=O) groups is 1. The molecule has 39 heavy (non-hydrogen) atoms. The van der Waals surface area contributed by atoms with E-state index in [0.29, 0.717) is 22.7 Å². The number of hydrogen-bond donors (Lipinski definition) is 1. The second-order valence-electron chi connectivity index (χ2n) is 8.96. The molecule has 0 radical (unpaired) electrons. The minimum atomic E-state index is -4.53. The van der Waals surface area contributed by atoms with E-state index in [1.807, 2.05) is 0 Å². The normalized spacial score (nSPS) is 12.2. The van der Waals surface area contributed by atoms with Gasteiger partial charge in [-0.25, -0.2) is 19.3 Å². The number of imidazole rings is 2. The van der Waals surface area contributed by atoms with Crippen LogP contribution in [0, 0.1) is 12.7 Å². The SMILES string of the molecule is Cc1ncc2c(N)nc3cc(F)c(C(=O)N(Cc4cn5cc(C(F)(F)F)ccc5n4)c4ccnn4C)cc3n12. The number of anilines is 2. The number of rotatable bonds is 4. The third-order valence-corrected chi connectivity index (χ3v) is 6.44. The molecule has 5 heterocycles. The maximum atomic E-state index is 15.4. The molecule has 0 atom stereocenters. The summed E-state index contributed by atoms with van der Waals surface area (Å²) < 4.78 is 59.3. The van der Waals surface area contributed by atoms with Crippen LogP contribution in [0.1, 0.15) is 27.4 Å². The molecule has 1 aromatic carbocycles. The van der Waals surface area contributed by atoms with E-state index in [-0.39, 0.29) is 34.8 Å². The van der Waals surface area contributed by atoms with Gasteiger partial charge in [-0.05, 0) is 25.1 Å². The van der Waals surface area contributed by atoms with Crippen molar-refractivity contribution in [2.24, 2.45) is 7.05 Å². The van der Waals surface area contributed by atoms with E-state index in [4.69, 9.17) is 5.73 Å². The van der Waals surface area contributed by atoms with Gasteiger partial charge < -0.3 is 10.1 Å². The number of carbonyl (C=O) groups excluding carboxylic acids is 1. The summed E-state index contributed by atoms with van der Waals surface area (Å²) in [5.74, 6) is -0.478. The predicted octanol–water partition coefficient (Wildman–Crippen LogP) is 4.16. The molecule has 6 rings (SSSR count). The molecule has 198 valence electrons. The molecule has 5 aromatic heterocycles. The topological polar surface area (TPSA) is 112 Å². The van der Waals surface area contributed by atoms with Gasteiger partial charge >= 0.3 is 6.18 Å². The van der Waals surface area contributed by atoms with Gasteiger partial charge in [-0.1, -0.05) is 0 Å². The zero-order valence-electron chi connectivity index (χ0n) is 20.5. The lowest BCUT2D eigenvalue weighted by molar-refractivity contribution is -0.137. The summed E-state index contributed by atoms with van der Waals surface area (Å²) >= 11 is 0. The van der Waals surface area contributed by atoms with Crippen molar-refractivity contribution in [2.45, 2.75) is 19.6 Å². The third-order valence-electron chi connectivity index (χ3n) is 6.44. The molecule has 0 spiro atoms. The zero-order chi connectivity index (χ0) is 27.6. The molecule has 0 saturated carbocycles. The molecular formula is C25H19F4N9O. The number of halogens is 4. The summed E-state index contributed by atoms with van der Waals surface area (Å²) in [6.07, 6.45) is 0.793. The van der Waals surface area contributed by atoms with Crippen LogP contribution in [0.3, 0.4) is 0 Å². The van der Waals surface area contributed by atoms with Gasteiger partial charge in [-0.15, -0.1) is 0 Å². The van der Waals surface area contributed by atoms with Crippen molar-refractivity contribution < 1.29 is 22.4 Å². The third kappa shape index (κ3) is 4.00. The summed E-state index contributed by atoms with van der Waals surface area (Å²) in [5.41, 5.74) is 6.64. The van der Waals surface area contributed by atoms with Crippen LogP contribution in [0.4, 0.5) is 29.2 Å². The summed E-state index contributed by atoms with van der Waals surface area (Å²) in [6, 6.07) is 6.24. The Balaban J connectivity index is 1.46. The first-order valence-electron chi connectivity index (χ1n) is 11.6. The maximum absolute atomic E-state index is 15.4. The molecule has 1 amide bonds. The van der Waals surface area contributed by atoms with Gasteiger partial charge in [0, 0.05) is 31.6 Å². The van der Waals surface area contributed by atoms with E-state index in [1.54, 1.807) is 24.4 Å². The second kappa shape index (κ2) is 8.51. The number of alkyl halides is 3. The zero-order valence-corrected chi connectivity index (χ0v) is 20.5. The largest absolute Gasteiger partial charge is 0.417 e. The van der Waals surface area contributed by atoms with Crippen molar-refractivity contribution in [2.75, 3.05) is 10.6 Å². The lowest BCUT2D eigenvalue weighted by atomic mass is 10.1. The molecule has 0 saturated heterocycles. The van der Waals surface area contributed by atoms with Crippen molar-refractivity contribution in [1.82, 2.24) is 33.5 Å². The smallest absolute Gasteiger partial charge is 0.382 e. The fourth-order valence-corrected chi connectivity index (χ4v) is 4.58. The van der Waals surface area contributed by atoms with Crippen molar-refractivity contribution in [3.8, 4) is 0 Å². The Morgan fingerprint density at radius 3 is 2.62 bits per heavy atom. The summed E-state index contributed by atoms with van der Waals surface area (Å²) in [4.78, 5) is 28.0. The van der Waals surface area contributed by atoms with E-state index in [1.165, 1.54) is 44.7 Å². The highest BCUT2D eigenvalue weighted by Crippen LogP contribution is 2.30. The highest BCUT2D eigenvalue weighted by molar-refractivity contribution is 6.07. The van der Waals surface area contributed by atoms with Crippen LogP contribution in [-0.4, -0.2) is 39.4 Å². The predicted molar refractivity (Wildman–Crippen MR) is 134 cm³/mol. The monoisotopic (exact) mass is 537 g/mol. The summed E-state index contributed by atoms with van der Waals surface area (Å²) in [6.45, 7) is 1.57. The molecular weight excluding hydrogens is 518 g/mol. The number of nitrogens with zero attached hydrogens (tertiary/aromatic N) is 8. The van der Waals surface area contributed by atoms with E-state index in [2.05, 4.69) is 20.1 Å². The van der Waals surface area contributed by atoms with Crippen LogP contribution in [0.15, 0.2) is 55.1 Å². The lowest BCUT2D eigenvalue weighted by Gasteiger charge is -2.22. The van der Waals surface area contributed by atoms with Crippen molar-refractivity contribution in [3.63, 3.8) is 0 Å². The first-order valence-corrected chi connectivity index (χ1v) is 11.6. The van der Waals surface area contributed by atoms with Crippen molar-refractivity contribution in [3.05, 3.63) is 83.6 Å². The Bertz CT molecular complexity index is 1920. The number of benzene rings is 1. The van der Waals surface area contributed by atoms with Crippen molar-refractivity contribution >= 4 is 39.7 Å². The molecule has 6 aromatic rings. The van der Waals surface area contributed by atoms with Gasteiger partial charge in [0.1, 0.15) is 34.4 Å². The fraction of sp³-hybridized carbons (Fsp3) is 0.160. The first-order chi connectivity index (χ1) is 18.5. The van der Waals surface area contributed by atoms with Crippen molar-refractivity contribution in [1.29, 1.82) is 0 Å². The van der Waals surface area contributed by atoms with Crippen LogP contribution in [0.5, 0.6) is 0 Å². The Labute approximate surface area is 216 Å². The average Bonchev–Trinajstić information content (AvgIpc) is 3.59. The van der Waals surface area contributed by atoms with Crippen LogP contribution in [0.2, 0.25) is 0 Å². The van der Waals surface area contributed by atoms with Gasteiger partial charge in [0.25, 0.3) is 5.91 Å². The van der Waals surface area contributed by atoms with Crippen LogP contribution >= 0.6 is 0 Å². The van der Waals surface area contributed by atoms with E-state index >= 15 is 4.39 Å². The minimum Gasteiger partial charge on any atom is -0.382 e. The fourth-order valence-electron chi connectivity index (χ4n) is 4.58. The number of nitrogens with two attached hydrogens (primary N) is 1. The van der Waals surface area contributed by atoms with Gasteiger partial charge in [-0.3, -0.25) is 18.8 Å². The minimum absolute atomic E-state index is 0.165. The summed E-state index contributed by atoms with van der Waals surface area (Å²) in [7, 11) is 1.61. The highest BCUT2D eigenvalue weighted by atomic mass is 19.4. The average molecular weight is 537 g/mol. The van der Waals surface area contributed by atoms with Gasteiger partial charge in [0.05, 0.1) is 46.8 Å². The second-order valence-corrected chi connectivity index (χ2v) is 8.96. The van der Waals surface area contributed by atoms with E-state index in [0.717, 1.165) is 18.3 Å². The molecule has 0 aliphatic carbocycles. The number of aromatic nitrogens is 7. The molecule has 0 aliphatic heterocycles. The number of amides is 1. The Morgan fingerprint density at radius 2 is 1.90 bits per heavy atom. The van der Waals surface area contributed by atoms with Crippen LogP contribution in [0.25, 0.3) is 22.2 Å². The highest BCUT2D eigenvalue weighted by Gasteiger charge is 2.31. The molecule has 2 N–H and O–H groups in total. The van der Waals surface area contributed by atoms with E-state index in [9.17, 15) is 18.0 Å². The number of fused-ring (bicyclic) bond motifs is 4. The molecule has 0 unspecified atom stereocenters. The summed E-state index contributed by atoms with van der Waals surface area (Å²) in [5, 5.41) is 4.11. The standard InChI is InChI=1S/C25H19F4N9O/c1-13-31-9-20-23(30)34-18-8-17(26)16(7-19(18)38(13)20)24(39)37(22-5-6-32-35(22)2)12-15-11-36-10-14(25(27,28)29)3-4-21(36)33-15/h3-11H,12H2,1-2H3,(H2,30,34). The Morgan fingerprint density at radius 1 is 1.10 bits per heavy atom.